The first-order valence-electron chi connectivity index (χ1n) is 7.73. The molecule has 0 saturated carbocycles. The van der Waals surface area contributed by atoms with E-state index >= 15 is 0 Å². The fourth-order valence-corrected chi connectivity index (χ4v) is 3.14. The summed E-state index contributed by atoms with van der Waals surface area (Å²) in [4.78, 5) is 34.1. The molecule has 26 heavy (non-hydrogen) atoms. The summed E-state index contributed by atoms with van der Waals surface area (Å²) in [6, 6.07) is 0. The van der Waals surface area contributed by atoms with E-state index in [2.05, 4.69) is 29.9 Å². The normalized spacial score (nSPS) is 10.6. The van der Waals surface area contributed by atoms with Crippen LogP contribution in [0.1, 0.15) is 0 Å². The summed E-state index contributed by atoms with van der Waals surface area (Å²) < 4.78 is 0. The highest BCUT2D eigenvalue weighted by Gasteiger charge is 2.14. The molecule has 2 heterocycles. The Morgan fingerprint density at radius 2 is 0.654 bits per heavy atom. The van der Waals surface area contributed by atoms with Gasteiger partial charge in [0.2, 0.25) is 34.1 Å². The summed E-state index contributed by atoms with van der Waals surface area (Å²) >= 11 is 0. The van der Waals surface area contributed by atoms with Crippen LogP contribution >= 0.6 is 21.6 Å². The molecule has 0 spiro atoms. The second-order valence-electron chi connectivity index (χ2n) is 6.18. The Labute approximate surface area is 161 Å². The molecule has 0 bridgehead atoms. The lowest BCUT2D eigenvalue weighted by Crippen LogP contribution is -2.19. The Morgan fingerprint density at radius 3 is 0.846 bits per heavy atom. The predicted octanol–water partition coefficient (Wildman–Crippen LogP) is 1.12. The number of hydrogen-bond acceptors (Lipinski definition) is 12. The lowest BCUT2D eigenvalue weighted by atomic mass is 10.7. The highest BCUT2D eigenvalue weighted by Crippen LogP contribution is 2.35. The Hall–Kier alpha value is -2.08. The van der Waals surface area contributed by atoms with Gasteiger partial charge < -0.3 is 19.6 Å². The third kappa shape index (κ3) is 5.21. The average molecular weight is 397 g/mol. The van der Waals surface area contributed by atoms with Gasteiger partial charge in [-0.15, -0.1) is 0 Å². The van der Waals surface area contributed by atoms with Gasteiger partial charge in [-0.05, 0) is 21.6 Å². The summed E-state index contributed by atoms with van der Waals surface area (Å²) in [5, 5.41) is 1.19. The van der Waals surface area contributed by atoms with Gasteiger partial charge in [0.05, 0.1) is 0 Å². The van der Waals surface area contributed by atoms with Gasteiger partial charge >= 0.3 is 0 Å². The van der Waals surface area contributed by atoms with E-state index in [1.54, 1.807) is 0 Å². The van der Waals surface area contributed by atoms with Crippen molar-refractivity contribution in [3.63, 3.8) is 0 Å². The van der Waals surface area contributed by atoms with Crippen molar-refractivity contribution in [1.29, 1.82) is 0 Å². The second-order valence-corrected chi connectivity index (χ2v) is 8.24. The van der Waals surface area contributed by atoms with E-state index in [0.717, 1.165) is 0 Å². The molecule has 2 aromatic heterocycles. The average Bonchev–Trinajstić information content (AvgIpc) is 2.59. The molecule has 0 aliphatic carbocycles. The highest BCUT2D eigenvalue weighted by molar-refractivity contribution is 8.76. The summed E-state index contributed by atoms with van der Waals surface area (Å²) in [6.45, 7) is 0. The van der Waals surface area contributed by atoms with Crippen LogP contribution in [0.5, 0.6) is 0 Å². The van der Waals surface area contributed by atoms with Crippen LogP contribution in [0, 0.1) is 0 Å². The van der Waals surface area contributed by atoms with Crippen molar-refractivity contribution < 1.29 is 0 Å². The van der Waals surface area contributed by atoms with E-state index in [1.807, 2.05) is 76.0 Å². The highest BCUT2D eigenvalue weighted by atomic mass is 33.1. The van der Waals surface area contributed by atoms with Crippen LogP contribution in [0.25, 0.3) is 0 Å². The quantitative estimate of drug-likeness (QED) is 0.628. The van der Waals surface area contributed by atoms with Crippen molar-refractivity contribution in [1.82, 2.24) is 29.9 Å². The molecule has 0 radical (unpaired) electrons. The van der Waals surface area contributed by atoms with Crippen LogP contribution < -0.4 is 19.6 Å². The van der Waals surface area contributed by atoms with E-state index in [1.165, 1.54) is 21.6 Å². The number of aromatic nitrogens is 6. The molecule has 0 atom stereocenters. The Kier molecular flexibility index (Phi) is 6.64. The van der Waals surface area contributed by atoms with Crippen LogP contribution in [0.3, 0.4) is 0 Å². The minimum absolute atomic E-state index is 0.593. The number of anilines is 4. The zero-order chi connectivity index (χ0) is 19.4. The number of nitrogens with zero attached hydrogens (tertiary/aromatic N) is 10. The Bertz CT molecular complexity index is 635. The van der Waals surface area contributed by atoms with Crippen molar-refractivity contribution >= 4 is 45.4 Å². The molecule has 0 aliphatic heterocycles. The Morgan fingerprint density at radius 1 is 0.423 bits per heavy atom. The molecule has 142 valence electrons. The van der Waals surface area contributed by atoms with Gasteiger partial charge in [0.1, 0.15) is 0 Å². The summed E-state index contributed by atoms with van der Waals surface area (Å²) in [5.41, 5.74) is 0. The number of hydrogen-bond donors (Lipinski definition) is 0. The SMILES string of the molecule is CN(C)c1nc(SSc2nc(N(C)C)nc(N(C)C)n2)nc(N(C)C)n1. The molecule has 0 unspecified atom stereocenters. The molecule has 0 saturated heterocycles. The fraction of sp³-hybridized carbons (Fsp3) is 0.571. The minimum atomic E-state index is 0.593. The van der Waals surface area contributed by atoms with Gasteiger partial charge in [-0.2, -0.15) is 29.9 Å². The maximum absolute atomic E-state index is 4.47. The van der Waals surface area contributed by atoms with Gasteiger partial charge in [-0.3, -0.25) is 0 Å². The van der Waals surface area contributed by atoms with Crippen LogP contribution in [-0.2, 0) is 0 Å². The third-order valence-corrected chi connectivity index (χ3v) is 4.86. The zero-order valence-corrected chi connectivity index (χ0v) is 17.9. The second kappa shape index (κ2) is 8.54. The van der Waals surface area contributed by atoms with Gasteiger partial charge in [0.25, 0.3) is 0 Å². The van der Waals surface area contributed by atoms with E-state index in [-0.39, 0.29) is 0 Å². The fourth-order valence-electron chi connectivity index (χ4n) is 1.62. The van der Waals surface area contributed by atoms with Crippen LogP contribution in [0.2, 0.25) is 0 Å². The van der Waals surface area contributed by atoms with E-state index < -0.39 is 0 Å². The van der Waals surface area contributed by atoms with Crippen molar-refractivity contribution in [3.8, 4) is 0 Å². The van der Waals surface area contributed by atoms with Crippen LogP contribution in [0.15, 0.2) is 10.3 Å². The lowest BCUT2D eigenvalue weighted by Gasteiger charge is -2.16. The molecular weight excluding hydrogens is 372 g/mol. The molecule has 0 N–H and O–H groups in total. The zero-order valence-electron chi connectivity index (χ0n) is 16.3. The van der Waals surface area contributed by atoms with Crippen LogP contribution in [0.4, 0.5) is 23.8 Å². The first kappa shape index (κ1) is 20.2. The van der Waals surface area contributed by atoms with Crippen molar-refractivity contribution in [2.45, 2.75) is 10.3 Å². The smallest absolute Gasteiger partial charge is 0.230 e. The summed E-state index contributed by atoms with van der Waals surface area (Å²) in [5.74, 6) is 2.41. The molecule has 0 aromatic carbocycles. The van der Waals surface area contributed by atoms with Gasteiger partial charge in [0, 0.05) is 56.4 Å². The summed E-state index contributed by atoms with van der Waals surface area (Å²) in [6.07, 6.45) is 0. The molecule has 12 heteroatoms. The molecule has 2 rings (SSSR count). The molecule has 0 fully saturated rings. The minimum Gasteiger partial charge on any atom is -0.347 e. The first-order chi connectivity index (χ1) is 12.2. The topological polar surface area (TPSA) is 90.3 Å². The molecule has 10 nitrogen and oxygen atoms in total. The van der Waals surface area contributed by atoms with Crippen molar-refractivity contribution in [3.05, 3.63) is 0 Å². The molecule has 0 amide bonds. The Balaban J connectivity index is 2.28. The molecule has 2 aromatic rings. The first-order valence-corrected chi connectivity index (χ1v) is 9.88. The van der Waals surface area contributed by atoms with Crippen LogP contribution in [-0.4, -0.2) is 86.3 Å². The van der Waals surface area contributed by atoms with E-state index in [0.29, 0.717) is 34.1 Å². The standard InChI is InChI=1S/C14H24N10S2/c1-21(2)9-15-10(22(3)4)18-13(17-9)25-26-14-19-11(23(5)6)16-12(20-14)24(7)8/h1-8H3. The number of rotatable bonds is 7. The third-order valence-electron chi connectivity index (χ3n) is 2.97. The predicted molar refractivity (Wildman–Crippen MR) is 109 cm³/mol. The molecule has 0 aliphatic rings. The maximum atomic E-state index is 4.47. The van der Waals surface area contributed by atoms with Gasteiger partial charge in [-0.1, -0.05) is 0 Å². The van der Waals surface area contributed by atoms with E-state index in [4.69, 9.17) is 0 Å². The van der Waals surface area contributed by atoms with Crippen molar-refractivity contribution in [2.24, 2.45) is 0 Å². The largest absolute Gasteiger partial charge is 0.347 e. The lowest BCUT2D eigenvalue weighted by molar-refractivity contribution is 0.839. The maximum Gasteiger partial charge on any atom is 0.230 e. The van der Waals surface area contributed by atoms with Gasteiger partial charge in [0.15, 0.2) is 0 Å². The van der Waals surface area contributed by atoms with E-state index in [9.17, 15) is 0 Å². The van der Waals surface area contributed by atoms with Crippen molar-refractivity contribution in [2.75, 3.05) is 76.0 Å². The monoisotopic (exact) mass is 396 g/mol. The molecular formula is C14H24N10S2. The summed E-state index contributed by atoms with van der Waals surface area (Å²) in [7, 11) is 18.0. The van der Waals surface area contributed by atoms with Gasteiger partial charge in [-0.25, -0.2) is 0 Å².